The number of rotatable bonds is 17. The first-order valence-corrected chi connectivity index (χ1v) is 23.2. The summed E-state index contributed by atoms with van der Waals surface area (Å²) >= 11 is 1.02. The number of benzene rings is 4. The van der Waals surface area contributed by atoms with Crippen LogP contribution in [0.15, 0.2) is 120 Å². The molecule has 0 unspecified atom stereocenters. The number of aromatic nitrogens is 1. The van der Waals surface area contributed by atoms with E-state index in [4.69, 9.17) is 19.0 Å². The van der Waals surface area contributed by atoms with Crippen molar-refractivity contribution < 1.29 is 43.0 Å². The molecule has 1 aliphatic heterocycles. The van der Waals surface area contributed by atoms with Gasteiger partial charge in [0, 0.05) is 43.8 Å². The molecular formula is C50H53N7O9S. The van der Waals surface area contributed by atoms with Crippen LogP contribution in [-0.2, 0) is 33.4 Å². The molecule has 2 aliphatic carbocycles. The van der Waals surface area contributed by atoms with E-state index in [2.05, 4.69) is 61.0 Å². The van der Waals surface area contributed by atoms with Gasteiger partial charge in [-0.15, -0.1) is 11.3 Å². The van der Waals surface area contributed by atoms with Gasteiger partial charge in [-0.05, 0) is 67.0 Å². The largest absolute Gasteiger partial charge is 0.450 e. The van der Waals surface area contributed by atoms with Gasteiger partial charge in [0.25, 0.3) is 5.91 Å². The lowest BCUT2D eigenvalue weighted by Crippen LogP contribution is -2.72. The Labute approximate surface area is 392 Å². The molecule has 0 spiro atoms. The number of carbonyl (C=O) groups is 5. The van der Waals surface area contributed by atoms with Crippen molar-refractivity contribution in [1.82, 2.24) is 26.3 Å². The molecule has 5 N–H and O–H groups in total. The number of nitrogens with one attached hydrogen (secondary N) is 5. The second-order valence-corrected chi connectivity index (χ2v) is 18.4. The number of esters is 1. The van der Waals surface area contributed by atoms with Crippen LogP contribution in [0.25, 0.3) is 11.1 Å². The molecule has 2 fully saturated rings. The van der Waals surface area contributed by atoms with Crippen LogP contribution in [0.3, 0.4) is 0 Å². The van der Waals surface area contributed by atoms with Crippen molar-refractivity contribution in [2.45, 2.75) is 81.8 Å². The number of β-lactam (4-membered cyclic amide) rings is 1. The Morgan fingerprint density at radius 2 is 1.45 bits per heavy atom. The zero-order valence-corrected chi connectivity index (χ0v) is 38.2. The van der Waals surface area contributed by atoms with E-state index < -0.39 is 59.4 Å². The number of amides is 4. The van der Waals surface area contributed by atoms with Crippen molar-refractivity contribution in [3.05, 3.63) is 143 Å². The average Bonchev–Trinajstić information content (AvgIpc) is 4.07. The zero-order valence-electron chi connectivity index (χ0n) is 37.4. The number of alkyl carbamates (subject to hydrolysis) is 1. The highest BCUT2D eigenvalue weighted by Crippen LogP contribution is 2.44. The molecule has 67 heavy (non-hydrogen) atoms. The molecule has 8 rings (SSSR count). The van der Waals surface area contributed by atoms with Crippen LogP contribution in [0.4, 0.5) is 14.7 Å². The first-order chi connectivity index (χ1) is 32.4. The van der Waals surface area contributed by atoms with Gasteiger partial charge in [0.1, 0.15) is 23.9 Å². The fraction of sp³-hybridized carbons (Fsp3) is 0.340. The molecule has 0 bridgehead atoms. The van der Waals surface area contributed by atoms with Crippen molar-refractivity contribution in [3.63, 3.8) is 0 Å². The summed E-state index contributed by atoms with van der Waals surface area (Å²) in [4.78, 5) is 77.2. The number of fused-ring (bicyclic) bond motifs is 3. The lowest BCUT2D eigenvalue weighted by atomic mass is 9.98. The fourth-order valence-electron chi connectivity index (χ4n) is 8.39. The van der Waals surface area contributed by atoms with Crippen LogP contribution < -0.4 is 26.6 Å². The number of hydrogen-bond donors (Lipinski definition) is 5. The van der Waals surface area contributed by atoms with E-state index in [0.717, 1.165) is 44.7 Å². The first-order valence-electron chi connectivity index (χ1n) is 22.3. The summed E-state index contributed by atoms with van der Waals surface area (Å²) in [5.41, 5.74) is 3.44. The third kappa shape index (κ3) is 11.1. The van der Waals surface area contributed by atoms with Crippen LogP contribution >= 0.6 is 11.3 Å². The average molecular weight is 928 g/mol. The number of thiazole rings is 1. The molecule has 2 heterocycles. The normalized spacial score (nSPS) is 17.3. The van der Waals surface area contributed by atoms with Crippen molar-refractivity contribution >= 4 is 52.2 Å². The quantitative estimate of drug-likeness (QED) is 0.0161. The van der Waals surface area contributed by atoms with Gasteiger partial charge in [-0.25, -0.2) is 19.4 Å². The summed E-state index contributed by atoms with van der Waals surface area (Å²) in [7, 11) is 0. The number of nitrogens with zero attached hydrogens (tertiary/aromatic N) is 2. The van der Waals surface area contributed by atoms with Gasteiger partial charge < -0.3 is 40.3 Å². The number of carbonyl (C=O) groups excluding carboxylic acids is 5. The number of hydrogen-bond acceptors (Lipinski definition) is 13. The van der Waals surface area contributed by atoms with Gasteiger partial charge in [-0.2, -0.15) is 0 Å². The minimum absolute atomic E-state index is 0.0234. The Bertz CT molecular complexity index is 2530. The first kappa shape index (κ1) is 46.4. The van der Waals surface area contributed by atoms with E-state index in [1.165, 1.54) is 5.38 Å². The highest BCUT2D eigenvalue weighted by atomic mass is 32.1. The van der Waals surface area contributed by atoms with E-state index in [1.54, 1.807) is 20.8 Å². The van der Waals surface area contributed by atoms with Crippen molar-refractivity contribution in [3.8, 4) is 11.1 Å². The van der Waals surface area contributed by atoms with Gasteiger partial charge in [0.05, 0.1) is 6.04 Å². The van der Waals surface area contributed by atoms with Gasteiger partial charge in [-0.3, -0.25) is 14.9 Å². The minimum atomic E-state index is -1.53. The Morgan fingerprint density at radius 1 is 0.836 bits per heavy atom. The van der Waals surface area contributed by atoms with Gasteiger partial charge in [0.2, 0.25) is 11.5 Å². The number of anilines is 1. The summed E-state index contributed by atoms with van der Waals surface area (Å²) in [6.45, 7) is 6.21. The smallest absolute Gasteiger partial charge is 0.413 e. The summed E-state index contributed by atoms with van der Waals surface area (Å²) in [6.07, 6.45) is -0.198. The maximum Gasteiger partial charge on any atom is 0.413 e. The van der Waals surface area contributed by atoms with Crippen molar-refractivity contribution in [2.24, 2.45) is 5.16 Å². The predicted octanol–water partition coefficient (Wildman–Crippen LogP) is 6.97. The van der Waals surface area contributed by atoms with E-state index in [9.17, 15) is 24.0 Å². The van der Waals surface area contributed by atoms with E-state index in [1.807, 2.05) is 84.9 Å². The molecule has 4 aromatic carbocycles. The fourth-order valence-corrected chi connectivity index (χ4v) is 9.07. The van der Waals surface area contributed by atoms with Crippen molar-refractivity contribution in [1.29, 1.82) is 0 Å². The molecular weight excluding hydrogens is 875 g/mol. The Hall–Kier alpha value is -7.11. The van der Waals surface area contributed by atoms with Crippen LogP contribution in [-0.4, -0.2) is 90.2 Å². The van der Waals surface area contributed by atoms with E-state index in [-0.39, 0.29) is 55.0 Å². The van der Waals surface area contributed by atoms with Gasteiger partial charge >= 0.3 is 18.2 Å². The Morgan fingerprint density at radius 3 is 2.06 bits per heavy atom. The molecule has 0 radical (unpaired) electrons. The maximum absolute atomic E-state index is 14.3. The third-order valence-electron chi connectivity index (χ3n) is 11.7. The van der Waals surface area contributed by atoms with Crippen LogP contribution in [0.1, 0.15) is 86.4 Å². The zero-order chi connectivity index (χ0) is 47.0. The molecule has 1 saturated carbocycles. The van der Waals surface area contributed by atoms with Gasteiger partial charge in [-0.1, -0.05) is 114 Å². The minimum Gasteiger partial charge on any atom is -0.450 e. The molecule has 16 nitrogen and oxygen atoms in total. The van der Waals surface area contributed by atoms with Crippen molar-refractivity contribution in [2.75, 3.05) is 31.6 Å². The Kier molecular flexibility index (Phi) is 14.3. The molecule has 348 valence electrons. The summed E-state index contributed by atoms with van der Waals surface area (Å²) < 4.78 is 17.2. The molecule has 1 saturated heterocycles. The molecule has 1 aromatic heterocycles. The van der Waals surface area contributed by atoms with Crippen LogP contribution in [0, 0.1) is 0 Å². The molecule has 2 atom stereocenters. The lowest BCUT2D eigenvalue weighted by molar-refractivity contribution is -0.176. The summed E-state index contributed by atoms with van der Waals surface area (Å²) in [5.74, 6) is -1.93. The monoisotopic (exact) mass is 927 g/mol. The standard InChI is InChI=1S/C50H53N7O9S/c1-49(2,3)65-48(62)56-46-54-39(30-67-46)41(57-66-50(24-14-15-25-50)45(60)64-42(31-16-6-4-7-17-31)32-18-8-5-9-19-32)44(59)55-40-38(53-43(40)58)28-51-26-27-52-47(61)63-29-37-35-22-12-10-20-33(35)34-21-11-13-23-36(34)37/h4-13,16-23,30,37-38,40,42,51H,14-15,24-29H2,1-3H3,(H,52,61)(H,53,58)(H,55,59)(H,54,56,62)/b57-41-/t38-,40+/m1/s1. The van der Waals surface area contributed by atoms with Crippen LogP contribution in [0.2, 0.25) is 0 Å². The number of ether oxygens (including phenoxy) is 3. The predicted molar refractivity (Wildman–Crippen MR) is 251 cm³/mol. The molecule has 5 aromatic rings. The lowest BCUT2D eigenvalue weighted by Gasteiger charge is -2.37. The SMILES string of the molecule is CC(C)(C)OC(=O)Nc1nc(/C(=N/OC2(C(=O)OC(c3ccccc3)c3ccccc3)CCCC2)C(=O)N[C@@H]2C(=O)N[C@@H]2CNCCNC(=O)OCC2c3ccccc3-c3ccccc32)cs1. The van der Waals surface area contributed by atoms with Gasteiger partial charge in [0.15, 0.2) is 16.9 Å². The molecule has 17 heteroatoms. The summed E-state index contributed by atoms with van der Waals surface area (Å²) in [6, 6.07) is 33.5. The third-order valence-corrected chi connectivity index (χ3v) is 12.4. The highest BCUT2D eigenvalue weighted by Gasteiger charge is 2.48. The number of oxime groups is 1. The van der Waals surface area contributed by atoms with Crippen LogP contribution in [0.5, 0.6) is 0 Å². The maximum atomic E-state index is 14.3. The second-order valence-electron chi connectivity index (χ2n) is 17.5. The topological polar surface area (TPSA) is 208 Å². The van der Waals surface area contributed by atoms with E-state index >= 15 is 0 Å². The second kappa shape index (κ2) is 20.6. The van der Waals surface area contributed by atoms with E-state index in [0.29, 0.717) is 19.4 Å². The highest BCUT2D eigenvalue weighted by molar-refractivity contribution is 7.14. The Balaban J connectivity index is 0.906. The summed E-state index contributed by atoms with van der Waals surface area (Å²) in [5, 5.41) is 20.0. The molecule has 4 amide bonds. The molecule has 3 aliphatic rings.